The highest BCUT2D eigenvalue weighted by Gasteiger charge is 1.96. The van der Waals surface area contributed by atoms with Gasteiger partial charge in [0.05, 0.1) is 6.04 Å². The molecule has 1 atom stereocenters. The lowest BCUT2D eigenvalue weighted by atomic mass is 10.3. The Kier molecular flexibility index (Phi) is 4.73. The van der Waals surface area contributed by atoms with E-state index in [9.17, 15) is 4.79 Å². The van der Waals surface area contributed by atoms with Crippen molar-refractivity contribution in [3.05, 3.63) is 25.3 Å². The van der Waals surface area contributed by atoms with E-state index in [0.717, 1.165) is 0 Å². The van der Waals surface area contributed by atoms with E-state index in [0.29, 0.717) is 6.54 Å². The molecule has 0 aromatic rings. The first-order valence-electron chi connectivity index (χ1n) is 2.69. The largest absolute Gasteiger partial charge is 0.300 e. The number of rotatable bonds is 5. The van der Waals surface area contributed by atoms with Crippen molar-refractivity contribution >= 4 is 6.29 Å². The maximum absolute atomic E-state index is 9.95. The first-order valence-corrected chi connectivity index (χ1v) is 2.69. The van der Waals surface area contributed by atoms with E-state index in [1.807, 2.05) is 0 Å². The van der Waals surface area contributed by atoms with E-state index in [2.05, 4.69) is 18.5 Å². The average Bonchev–Trinajstić information content (AvgIpc) is 1.91. The van der Waals surface area contributed by atoms with Crippen LogP contribution in [-0.2, 0) is 4.79 Å². The van der Waals surface area contributed by atoms with E-state index in [1.165, 1.54) is 6.08 Å². The Bertz CT molecular complexity index is 101. The number of hydrogen-bond donors (Lipinski definition) is 1. The summed E-state index contributed by atoms with van der Waals surface area (Å²) < 4.78 is 0. The van der Waals surface area contributed by atoms with E-state index < -0.39 is 0 Å². The predicted molar refractivity (Wildman–Crippen MR) is 37.9 cm³/mol. The van der Waals surface area contributed by atoms with Gasteiger partial charge in [-0.1, -0.05) is 12.2 Å². The first-order chi connectivity index (χ1) is 4.35. The molecule has 1 unspecified atom stereocenters. The number of nitrogens with one attached hydrogen (secondary N) is 1. The van der Waals surface area contributed by atoms with Gasteiger partial charge in [-0.25, -0.2) is 0 Å². The summed E-state index contributed by atoms with van der Waals surface area (Å²) in [6.07, 6.45) is 4.93. The zero-order chi connectivity index (χ0) is 7.11. The number of carbonyl (C=O) groups excluding carboxylic acids is 1. The molecule has 0 bridgehead atoms. The van der Waals surface area contributed by atoms with E-state index in [-0.39, 0.29) is 6.04 Å². The van der Waals surface area contributed by atoms with Crippen LogP contribution in [0.4, 0.5) is 0 Å². The van der Waals surface area contributed by atoms with Crippen LogP contribution in [0.25, 0.3) is 0 Å². The van der Waals surface area contributed by atoms with Gasteiger partial charge in [0.25, 0.3) is 0 Å². The Morgan fingerprint density at radius 3 is 2.67 bits per heavy atom. The van der Waals surface area contributed by atoms with E-state index in [4.69, 9.17) is 0 Å². The summed E-state index contributed by atoms with van der Waals surface area (Å²) >= 11 is 0. The lowest BCUT2D eigenvalue weighted by Crippen LogP contribution is -2.27. The molecule has 0 aliphatic rings. The number of hydrogen-bond acceptors (Lipinski definition) is 2. The average molecular weight is 124 g/mol. The summed E-state index contributed by atoms with van der Waals surface area (Å²) in [6.45, 7) is 7.50. The van der Waals surface area contributed by atoms with Crippen molar-refractivity contribution in [1.29, 1.82) is 0 Å². The quantitative estimate of drug-likeness (QED) is 0.538. The Labute approximate surface area is 55.3 Å². The third-order valence-corrected chi connectivity index (χ3v) is 0.845. The first kappa shape index (κ1) is 8.11. The van der Waals surface area contributed by atoms with Gasteiger partial charge in [0, 0.05) is 6.54 Å². The second-order valence-corrected chi connectivity index (χ2v) is 1.53. The van der Waals surface area contributed by atoms with Crippen molar-refractivity contribution in [2.45, 2.75) is 6.04 Å². The SMILES string of the molecule is C=CCNC([C]=O)C=C. The van der Waals surface area contributed by atoms with Crippen molar-refractivity contribution in [2.75, 3.05) is 6.54 Å². The summed E-state index contributed by atoms with van der Waals surface area (Å²) in [6, 6.07) is -0.358. The van der Waals surface area contributed by atoms with E-state index >= 15 is 0 Å². The normalized spacial score (nSPS) is 12.0. The molecule has 0 amide bonds. The van der Waals surface area contributed by atoms with Gasteiger partial charge in [-0.2, -0.15) is 0 Å². The van der Waals surface area contributed by atoms with Crippen LogP contribution in [0.3, 0.4) is 0 Å². The van der Waals surface area contributed by atoms with Crippen LogP contribution in [-0.4, -0.2) is 18.9 Å². The van der Waals surface area contributed by atoms with Gasteiger partial charge in [-0.15, -0.1) is 13.2 Å². The highest BCUT2D eigenvalue weighted by Crippen LogP contribution is 1.76. The van der Waals surface area contributed by atoms with Gasteiger partial charge < -0.3 is 5.32 Å². The van der Waals surface area contributed by atoms with Gasteiger partial charge in [0.1, 0.15) is 0 Å². The van der Waals surface area contributed by atoms with Crippen LogP contribution < -0.4 is 5.32 Å². The molecule has 49 valence electrons. The Morgan fingerprint density at radius 2 is 2.33 bits per heavy atom. The summed E-state index contributed by atoms with van der Waals surface area (Å²) in [7, 11) is 0. The van der Waals surface area contributed by atoms with Crippen LogP contribution in [0.1, 0.15) is 0 Å². The topological polar surface area (TPSA) is 29.1 Å². The van der Waals surface area contributed by atoms with Crippen LogP contribution >= 0.6 is 0 Å². The second-order valence-electron chi connectivity index (χ2n) is 1.53. The molecule has 0 fully saturated rings. The van der Waals surface area contributed by atoms with Crippen molar-refractivity contribution < 1.29 is 4.79 Å². The minimum Gasteiger partial charge on any atom is -0.300 e. The lowest BCUT2D eigenvalue weighted by Gasteiger charge is -2.01. The molecule has 0 aromatic heterocycles. The summed E-state index contributed by atoms with van der Waals surface area (Å²) in [5.41, 5.74) is 0. The molecule has 0 rings (SSSR count). The zero-order valence-corrected chi connectivity index (χ0v) is 5.26. The highest BCUT2D eigenvalue weighted by molar-refractivity contribution is 5.61. The molecule has 1 N–H and O–H groups in total. The molecule has 2 heteroatoms. The molecule has 1 radical (unpaired) electrons. The molecule has 0 saturated carbocycles. The van der Waals surface area contributed by atoms with Crippen LogP contribution in [0, 0.1) is 0 Å². The van der Waals surface area contributed by atoms with Crippen LogP contribution in [0.5, 0.6) is 0 Å². The van der Waals surface area contributed by atoms with Crippen molar-refractivity contribution in [2.24, 2.45) is 0 Å². The van der Waals surface area contributed by atoms with Gasteiger partial charge in [-0.3, -0.25) is 4.79 Å². The Hall–Kier alpha value is -0.890. The van der Waals surface area contributed by atoms with Crippen LogP contribution in [0.2, 0.25) is 0 Å². The minimum absolute atomic E-state index is 0.358. The minimum atomic E-state index is -0.358. The van der Waals surface area contributed by atoms with Gasteiger partial charge in [-0.05, 0) is 0 Å². The molecular formula is C7H10NO. The van der Waals surface area contributed by atoms with Gasteiger partial charge in [0.15, 0.2) is 0 Å². The van der Waals surface area contributed by atoms with Crippen LogP contribution in [0.15, 0.2) is 25.3 Å². The van der Waals surface area contributed by atoms with Gasteiger partial charge >= 0.3 is 0 Å². The Morgan fingerprint density at radius 1 is 1.67 bits per heavy atom. The predicted octanol–water partition coefficient (Wildman–Crippen LogP) is 0.426. The van der Waals surface area contributed by atoms with E-state index in [1.54, 1.807) is 12.4 Å². The molecule has 0 saturated heterocycles. The molecule has 0 aliphatic heterocycles. The highest BCUT2D eigenvalue weighted by atomic mass is 16.1. The van der Waals surface area contributed by atoms with Crippen molar-refractivity contribution in [3.63, 3.8) is 0 Å². The molecular weight excluding hydrogens is 114 g/mol. The lowest BCUT2D eigenvalue weighted by molar-refractivity contribution is 0.539. The van der Waals surface area contributed by atoms with Crippen molar-refractivity contribution in [3.8, 4) is 0 Å². The molecule has 9 heavy (non-hydrogen) atoms. The molecule has 2 nitrogen and oxygen atoms in total. The fourth-order valence-electron chi connectivity index (χ4n) is 0.383. The molecule has 0 aromatic carbocycles. The molecule has 0 spiro atoms. The maximum Gasteiger partial charge on any atom is 0.221 e. The summed E-state index contributed by atoms with van der Waals surface area (Å²) in [5.74, 6) is 0. The summed E-state index contributed by atoms with van der Waals surface area (Å²) in [5, 5.41) is 2.81. The standard InChI is InChI=1S/C7H10NO/c1-3-5-8-7(4-2)6-9/h3-4,7-8H,1-2,5H2. The fraction of sp³-hybridized carbons (Fsp3) is 0.286. The monoisotopic (exact) mass is 124 g/mol. The fourth-order valence-corrected chi connectivity index (χ4v) is 0.383. The third kappa shape index (κ3) is 3.67. The third-order valence-electron chi connectivity index (χ3n) is 0.845. The Balaban J connectivity index is 3.41. The second kappa shape index (κ2) is 5.25. The zero-order valence-electron chi connectivity index (χ0n) is 5.26. The maximum atomic E-state index is 9.95. The van der Waals surface area contributed by atoms with Gasteiger partial charge in [0.2, 0.25) is 6.29 Å². The molecule has 0 aliphatic carbocycles. The summed E-state index contributed by atoms with van der Waals surface area (Å²) in [4.78, 5) is 9.95. The van der Waals surface area contributed by atoms with Crippen molar-refractivity contribution in [1.82, 2.24) is 5.32 Å². The smallest absolute Gasteiger partial charge is 0.221 e. The molecule has 0 heterocycles.